The van der Waals surface area contributed by atoms with E-state index in [4.69, 9.17) is 0 Å². The second-order valence-corrected chi connectivity index (χ2v) is 6.71. The zero-order valence-corrected chi connectivity index (χ0v) is 14.6. The molecule has 0 spiro atoms. The molecule has 0 heterocycles. The molecule has 1 unspecified atom stereocenters. The van der Waals surface area contributed by atoms with Crippen LogP contribution in [0.3, 0.4) is 0 Å². The molecule has 0 aliphatic rings. The third-order valence-corrected chi connectivity index (χ3v) is 4.59. The van der Waals surface area contributed by atoms with Gasteiger partial charge in [-0.3, -0.25) is 0 Å². The minimum Gasteiger partial charge on any atom is -0.396 e. The van der Waals surface area contributed by atoms with Gasteiger partial charge in [-0.1, -0.05) is 101 Å². The summed E-state index contributed by atoms with van der Waals surface area (Å²) in [5.74, 6) is 0.441. The second kappa shape index (κ2) is 13.8. The SMILES string of the molecule is CCCCCCCCCCCCC(CO)Cc1ccccc1. The van der Waals surface area contributed by atoms with Crippen LogP contribution >= 0.6 is 0 Å². The van der Waals surface area contributed by atoms with E-state index in [1.807, 2.05) is 0 Å². The zero-order chi connectivity index (χ0) is 15.9. The van der Waals surface area contributed by atoms with Gasteiger partial charge in [-0.15, -0.1) is 0 Å². The normalized spacial score (nSPS) is 12.5. The fourth-order valence-electron chi connectivity index (χ4n) is 3.13. The number of aliphatic hydroxyl groups excluding tert-OH is 1. The number of hydrogen-bond donors (Lipinski definition) is 1. The van der Waals surface area contributed by atoms with Gasteiger partial charge in [-0.25, -0.2) is 0 Å². The molecular formula is C21H36O. The fraction of sp³-hybridized carbons (Fsp3) is 0.714. The van der Waals surface area contributed by atoms with Gasteiger partial charge in [0.15, 0.2) is 0 Å². The first kappa shape index (κ1) is 19.2. The summed E-state index contributed by atoms with van der Waals surface area (Å²) in [6.45, 7) is 2.60. The summed E-state index contributed by atoms with van der Waals surface area (Å²) in [5.41, 5.74) is 1.36. The highest BCUT2D eigenvalue weighted by Crippen LogP contribution is 2.17. The quantitative estimate of drug-likeness (QED) is 0.409. The average molecular weight is 305 g/mol. The molecule has 0 fully saturated rings. The first-order valence-corrected chi connectivity index (χ1v) is 9.51. The highest BCUT2D eigenvalue weighted by atomic mass is 16.3. The van der Waals surface area contributed by atoms with Crippen LogP contribution in [0.15, 0.2) is 30.3 Å². The van der Waals surface area contributed by atoms with E-state index in [1.54, 1.807) is 0 Å². The Hall–Kier alpha value is -0.820. The van der Waals surface area contributed by atoms with E-state index in [9.17, 15) is 5.11 Å². The predicted molar refractivity (Wildman–Crippen MR) is 97.2 cm³/mol. The van der Waals surface area contributed by atoms with Crippen molar-refractivity contribution in [2.75, 3.05) is 6.61 Å². The second-order valence-electron chi connectivity index (χ2n) is 6.71. The highest BCUT2D eigenvalue weighted by molar-refractivity contribution is 5.15. The molecule has 0 saturated heterocycles. The minimum atomic E-state index is 0.326. The minimum absolute atomic E-state index is 0.326. The van der Waals surface area contributed by atoms with Crippen molar-refractivity contribution in [3.05, 3.63) is 35.9 Å². The molecule has 1 aromatic rings. The molecule has 0 aromatic heterocycles. The van der Waals surface area contributed by atoms with Crippen molar-refractivity contribution < 1.29 is 5.11 Å². The maximum atomic E-state index is 9.53. The molecule has 1 heteroatoms. The topological polar surface area (TPSA) is 20.2 Å². The van der Waals surface area contributed by atoms with Gasteiger partial charge < -0.3 is 5.11 Å². The molecule has 1 N–H and O–H groups in total. The molecule has 126 valence electrons. The van der Waals surface area contributed by atoms with Crippen LogP contribution in [0.5, 0.6) is 0 Å². The van der Waals surface area contributed by atoms with E-state index < -0.39 is 0 Å². The molecule has 0 aliphatic carbocycles. The smallest absolute Gasteiger partial charge is 0.0462 e. The van der Waals surface area contributed by atoms with Crippen molar-refractivity contribution in [3.63, 3.8) is 0 Å². The Balaban J connectivity index is 1.96. The monoisotopic (exact) mass is 304 g/mol. The van der Waals surface area contributed by atoms with Gasteiger partial charge in [0.05, 0.1) is 0 Å². The van der Waals surface area contributed by atoms with Gasteiger partial charge in [0, 0.05) is 6.61 Å². The van der Waals surface area contributed by atoms with Crippen LogP contribution in [0, 0.1) is 5.92 Å². The molecule has 0 saturated carbocycles. The molecule has 22 heavy (non-hydrogen) atoms. The predicted octanol–water partition coefficient (Wildman–Crippen LogP) is 6.15. The van der Waals surface area contributed by atoms with E-state index >= 15 is 0 Å². The van der Waals surface area contributed by atoms with Crippen molar-refractivity contribution in [2.24, 2.45) is 5.92 Å². The fourth-order valence-corrected chi connectivity index (χ4v) is 3.13. The summed E-state index contributed by atoms with van der Waals surface area (Å²) < 4.78 is 0. The molecule has 1 nitrogen and oxygen atoms in total. The lowest BCUT2D eigenvalue weighted by Crippen LogP contribution is -2.09. The van der Waals surface area contributed by atoms with E-state index in [1.165, 1.54) is 76.2 Å². The average Bonchev–Trinajstić information content (AvgIpc) is 2.56. The van der Waals surface area contributed by atoms with Crippen molar-refractivity contribution in [3.8, 4) is 0 Å². The van der Waals surface area contributed by atoms with Crippen LogP contribution in [0.2, 0.25) is 0 Å². The van der Waals surface area contributed by atoms with Crippen molar-refractivity contribution in [1.29, 1.82) is 0 Å². The highest BCUT2D eigenvalue weighted by Gasteiger charge is 2.08. The van der Waals surface area contributed by atoms with E-state index in [-0.39, 0.29) is 0 Å². The van der Waals surface area contributed by atoms with Crippen LogP contribution in [0.1, 0.15) is 83.1 Å². The summed E-state index contributed by atoms with van der Waals surface area (Å²) in [4.78, 5) is 0. The summed E-state index contributed by atoms with van der Waals surface area (Å²) in [7, 11) is 0. The molecule has 1 rings (SSSR count). The summed E-state index contributed by atoms with van der Waals surface area (Å²) in [5, 5.41) is 9.53. The zero-order valence-electron chi connectivity index (χ0n) is 14.6. The largest absolute Gasteiger partial charge is 0.396 e. The van der Waals surface area contributed by atoms with Crippen LogP contribution in [0.4, 0.5) is 0 Å². The third-order valence-electron chi connectivity index (χ3n) is 4.59. The third kappa shape index (κ3) is 10.00. The van der Waals surface area contributed by atoms with Crippen molar-refractivity contribution >= 4 is 0 Å². The van der Waals surface area contributed by atoms with Gasteiger partial charge in [0.2, 0.25) is 0 Å². The molecular weight excluding hydrogens is 268 g/mol. The molecule has 0 radical (unpaired) electrons. The Morgan fingerprint density at radius 1 is 0.773 bits per heavy atom. The number of rotatable bonds is 14. The maximum absolute atomic E-state index is 9.53. The van der Waals surface area contributed by atoms with Gasteiger partial charge in [0.1, 0.15) is 0 Å². The Kier molecular flexibility index (Phi) is 12.1. The van der Waals surface area contributed by atoms with Gasteiger partial charge in [0.25, 0.3) is 0 Å². The lowest BCUT2D eigenvalue weighted by atomic mass is 9.94. The lowest BCUT2D eigenvalue weighted by Gasteiger charge is -2.14. The van der Waals surface area contributed by atoms with Crippen molar-refractivity contribution in [1.82, 2.24) is 0 Å². The number of aliphatic hydroxyl groups is 1. The van der Waals surface area contributed by atoms with Crippen LogP contribution in [-0.4, -0.2) is 11.7 Å². The lowest BCUT2D eigenvalue weighted by molar-refractivity contribution is 0.214. The van der Waals surface area contributed by atoms with Gasteiger partial charge in [-0.05, 0) is 24.3 Å². The van der Waals surface area contributed by atoms with Crippen molar-refractivity contribution in [2.45, 2.75) is 84.0 Å². The molecule has 1 aromatic carbocycles. The Morgan fingerprint density at radius 3 is 1.86 bits per heavy atom. The molecule has 0 amide bonds. The first-order chi connectivity index (χ1) is 10.9. The van der Waals surface area contributed by atoms with E-state index in [0.717, 1.165) is 6.42 Å². The van der Waals surface area contributed by atoms with Gasteiger partial charge >= 0.3 is 0 Å². The van der Waals surface area contributed by atoms with Crippen LogP contribution in [-0.2, 0) is 6.42 Å². The van der Waals surface area contributed by atoms with Crippen LogP contribution < -0.4 is 0 Å². The first-order valence-electron chi connectivity index (χ1n) is 9.51. The summed E-state index contributed by atoms with van der Waals surface area (Å²) in [6.07, 6.45) is 16.0. The Labute approximate surface area is 138 Å². The maximum Gasteiger partial charge on any atom is 0.0462 e. The molecule has 1 atom stereocenters. The van der Waals surface area contributed by atoms with Crippen LogP contribution in [0.25, 0.3) is 0 Å². The Morgan fingerprint density at radius 2 is 1.32 bits per heavy atom. The summed E-state index contributed by atoms with van der Waals surface area (Å²) >= 11 is 0. The summed E-state index contributed by atoms with van der Waals surface area (Å²) in [6, 6.07) is 10.6. The standard InChI is InChI=1S/C21H36O/c1-2-3-4-5-6-7-8-9-10-12-17-21(19-22)18-20-15-13-11-14-16-20/h11,13-16,21-22H,2-10,12,17-19H2,1H3. The Bertz CT molecular complexity index is 333. The van der Waals surface area contributed by atoms with E-state index in [0.29, 0.717) is 12.5 Å². The van der Waals surface area contributed by atoms with Gasteiger partial charge in [-0.2, -0.15) is 0 Å². The number of benzene rings is 1. The van der Waals surface area contributed by atoms with E-state index in [2.05, 4.69) is 37.3 Å². The number of hydrogen-bond acceptors (Lipinski definition) is 1. The number of unbranched alkanes of at least 4 members (excludes halogenated alkanes) is 9. The molecule has 0 aliphatic heterocycles. The molecule has 0 bridgehead atoms.